The molecule has 2 heterocycles. The number of hydrogen-bond donors (Lipinski definition) is 1. The summed E-state index contributed by atoms with van der Waals surface area (Å²) >= 11 is 6.49. The first-order valence-corrected chi connectivity index (χ1v) is 13.3. The van der Waals surface area contributed by atoms with Crippen LogP contribution in [0.5, 0.6) is 5.75 Å². The summed E-state index contributed by atoms with van der Waals surface area (Å²) in [4.78, 5) is 15.6. The molecular weight excluding hydrogens is 533 g/mol. The number of halogens is 2. The molecule has 0 radical (unpaired) electrons. The fraction of sp³-hybridized carbons (Fsp3) is 0.300. The maximum Gasteiger partial charge on any atom is 0.292 e. The molecular formula is C30H31ClFN5O3. The lowest BCUT2D eigenvalue weighted by Crippen LogP contribution is -2.36. The molecule has 5 rings (SSSR count). The van der Waals surface area contributed by atoms with E-state index in [1.807, 2.05) is 57.0 Å². The number of anilines is 2. The molecule has 8 nitrogen and oxygen atoms in total. The van der Waals surface area contributed by atoms with Gasteiger partial charge in [0.1, 0.15) is 36.9 Å². The Morgan fingerprint density at radius 2 is 1.98 bits per heavy atom. The highest BCUT2D eigenvalue weighted by atomic mass is 35.5. The van der Waals surface area contributed by atoms with E-state index in [9.17, 15) is 4.39 Å². The Morgan fingerprint density at radius 1 is 1.12 bits per heavy atom. The van der Waals surface area contributed by atoms with Gasteiger partial charge in [0, 0.05) is 18.1 Å². The normalized spacial score (nSPS) is 16.4. The summed E-state index contributed by atoms with van der Waals surface area (Å²) in [6, 6.07) is 17.9. The Balaban J connectivity index is 1.31. The van der Waals surface area contributed by atoms with Crippen LogP contribution in [-0.4, -0.2) is 52.8 Å². The van der Waals surface area contributed by atoms with Gasteiger partial charge in [0.05, 0.1) is 34.5 Å². The lowest BCUT2D eigenvalue weighted by molar-refractivity contribution is -0.0220. The molecule has 0 unspecified atom stereocenters. The van der Waals surface area contributed by atoms with Crippen LogP contribution in [-0.2, 0) is 16.1 Å². The van der Waals surface area contributed by atoms with E-state index in [1.165, 1.54) is 18.5 Å². The standard InChI is InChI=1S/C30H31ClFN5O3/c1-30(2,3)40-17-23-16-39-29(37(23)4)36-21-8-10-26-24(13-21)28(34-18-33-26)35-22-9-11-27(25(31)14-22)38-15-19-6-5-7-20(32)12-19/h5-14,18,23H,15-17H2,1-4H3,(H,33,34,35)/t23-/m1/s1. The van der Waals surface area contributed by atoms with Crippen LogP contribution >= 0.6 is 11.6 Å². The summed E-state index contributed by atoms with van der Waals surface area (Å²) in [5.74, 6) is 0.791. The molecule has 40 heavy (non-hydrogen) atoms. The number of hydrogen-bond acceptors (Lipinski definition) is 7. The average molecular weight is 564 g/mol. The van der Waals surface area contributed by atoms with Crippen molar-refractivity contribution in [3.05, 3.63) is 83.4 Å². The summed E-state index contributed by atoms with van der Waals surface area (Å²) < 4.78 is 31.0. The van der Waals surface area contributed by atoms with E-state index >= 15 is 0 Å². The predicted octanol–water partition coefficient (Wildman–Crippen LogP) is 6.88. The van der Waals surface area contributed by atoms with Crippen molar-refractivity contribution in [1.29, 1.82) is 0 Å². The molecule has 1 aliphatic heterocycles. The minimum Gasteiger partial charge on any atom is -0.487 e. The molecule has 1 N–H and O–H groups in total. The SMILES string of the molecule is CN1C(=Nc2ccc3ncnc(Nc4ccc(OCc5cccc(F)c5)c(Cl)c4)c3c2)OC[C@@H]1COC(C)(C)C. The first kappa shape index (κ1) is 27.6. The van der Waals surface area contributed by atoms with Crippen molar-refractivity contribution in [2.45, 2.75) is 39.0 Å². The van der Waals surface area contributed by atoms with Gasteiger partial charge < -0.3 is 24.4 Å². The summed E-state index contributed by atoms with van der Waals surface area (Å²) in [6.07, 6.45) is 1.50. The molecule has 0 spiro atoms. The molecule has 208 valence electrons. The molecule has 0 saturated carbocycles. The summed E-state index contributed by atoms with van der Waals surface area (Å²) in [5.41, 5.74) is 2.69. The van der Waals surface area contributed by atoms with Crippen molar-refractivity contribution in [3.63, 3.8) is 0 Å². The largest absolute Gasteiger partial charge is 0.487 e. The Labute approximate surface area is 237 Å². The zero-order valence-electron chi connectivity index (χ0n) is 22.8. The highest BCUT2D eigenvalue weighted by Gasteiger charge is 2.29. The van der Waals surface area contributed by atoms with Gasteiger partial charge in [-0.3, -0.25) is 0 Å². The van der Waals surface area contributed by atoms with Gasteiger partial charge in [-0.05, 0) is 74.9 Å². The van der Waals surface area contributed by atoms with Crippen LogP contribution in [0.1, 0.15) is 26.3 Å². The van der Waals surface area contributed by atoms with Gasteiger partial charge in [-0.15, -0.1) is 0 Å². The van der Waals surface area contributed by atoms with Crippen LogP contribution in [0.2, 0.25) is 5.02 Å². The number of nitrogens with zero attached hydrogens (tertiary/aromatic N) is 4. The maximum atomic E-state index is 13.4. The van der Waals surface area contributed by atoms with E-state index in [1.54, 1.807) is 24.3 Å². The number of benzene rings is 3. The molecule has 1 aliphatic rings. The molecule has 0 amide bonds. The maximum absolute atomic E-state index is 13.4. The summed E-state index contributed by atoms with van der Waals surface area (Å²) in [7, 11) is 1.95. The number of fused-ring (bicyclic) bond motifs is 1. The third kappa shape index (κ3) is 6.78. The molecule has 0 aliphatic carbocycles. The number of rotatable bonds is 8. The topological polar surface area (TPSA) is 81.1 Å². The second kappa shape index (κ2) is 11.7. The zero-order valence-corrected chi connectivity index (χ0v) is 23.6. The van der Waals surface area contributed by atoms with Crippen molar-refractivity contribution >= 4 is 45.7 Å². The lowest BCUT2D eigenvalue weighted by Gasteiger charge is -2.24. The average Bonchev–Trinajstić information content (AvgIpc) is 3.25. The van der Waals surface area contributed by atoms with Crippen molar-refractivity contribution < 1.29 is 18.6 Å². The van der Waals surface area contributed by atoms with E-state index in [4.69, 9.17) is 30.8 Å². The van der Waals surface area contributed by atoms with Gasteiger partial charge >= 0.3 is 0 Å². The fourth-order valence-corrected chi connectivity index (χ4v) is 4.34. The third-order valence-electron chi connectivity index (χ3n) is 6.28. The van der Waals surface area contributed by atoms with E-state index in [0.29, 0.717) is 47.1 Å². The van der Waals surface area contributed by atoms with Crippen LogP contribution in [0.25, 0.3) is 10.9 Å². The monoisotopic (exact) mass is 563 g/mol. The lowest BCUT2D eigenvalue weighted by atomic mass is 10.2. The fourth-order valence-electron chi connectivity index (χ4n) is 4.10. The minimum absolute atomic E-state index is 0.0875. The molecule has 0 bridgehead atoms. The molecule has 1 aromatic heterocycles. The molecule has 1 fully saturated rings. The van der Waals surface area contributed by atoms with Crippen molar-refractivity contribution in [2.24, 2.45) is 4.99 Å². The first-order valence-electron chi connectivity index (χ1n) is 12.9. The zero-order chi connectivity index (χ0) is 28.3. The quantitative estimate of drug-likeness (QED) is 0.250. The van der Waals surface area contributed by atoms with Crippen LogP contribution in [0.15, 0.2) is 72.0 Å². The molecule has 3 aromatic carbocycles. The molecule has 4 aromatic rings. The smallest absolute Gasteiger partial charge is 0.292 e. The Hall–Kier alpha value is -3.95. The number of ether oxygens (including phenoxy) is 3. The second-order valence-electron chi connectivity index (χ2n) is 10.5. The van der Waals surface area contributed by atoms with E-state index in [0.717, 1.165) is 16.6 Å². The summed E-state index contributed by atoms with van der Waals surface area (Å²) in [6.45, 7) is 7.37. The third-order valence-corrected chi connectivity index (χ3v) is 6.58. The van der Waals surface area contributed by atoms with Gasteiger partial charge in [0.15, 0.2) is 0 Å². The van der Waals surface area contributed by atoms with Crippen LogP contribution in [0.3, 0.4) is 0 Å². The highest BCUT2D eigenvalue weighted by Crippen LogP contribution is 2.32. The van der Waals surface area contributed by atoms with E-state index in [2.05, 4.69) is 15.3 Å². The van der Waals surface area contributed by atoms with E-state index in [-0.39, 0.29) is 24.1 Å². The Morgan fingerprint density at radius 3 is 2.75 bits per heavy atom. The van der Waals surface area contributed by atoms with Gasteiger partial charge in [-0.2, -0.15) is 4.99 Å². The van der Waals surface area contributed by atoms with E-state index < -0.39 is 0 Å². The number of aromatic nitrogens is 2. The van der Waals surface area contributed by atoms with Gasteiger partial charge in [0.25, 0.3) is 6.02 Å². The van der Waals surface area contributed by atoms with Crippen LogP contribution in [0.4, 0.5) is 21.6 Å². The number of amidine groups is 1. The number of nitrogens with one attached hydrogen (secondary N) is 1. The first-order chi connectivity index (χ1) is 19.1. The van der Waals surface area contributed by atoms with Gasteiger partial charge in [-0.1, -0.05) is 23.7 Å². The van der Waals surface area contributed by atoms with Crippen molar-refractivity contribution in [2.75, 3.05) is 25.6 Å². The number of likely N-dealkylation sites (N-methyl/N-ethyl adjacent to an activating group) is 1. The molecule has 1 atom stereocenters. The predicted molar refractivity (Wildman–Crippen MR) is 155 cm³/mol. The van der Waals surface area contributed by atoms with Crippen LogP contribution < -0.4 is 10.1 Å². The number of aliphatic imine (C=N–C) groups is 1. The second-order valence-corrected chi connectivity index (χ2v) is 10.9. The van der Waals surface area contributed by atoms with Crippen molar-refractivity contribution in [3.8, 4) is 5.75 Å². The molecule has 10 heteroatoms. The minimum atomic E-state index is -0.309. The van der Waals surface area contributed by atoms with Gasteiger partial charge in [0.2, 0.25) is 0 Å². The Kier molecular flexibility index (Phi) is 8.04. The van der Waals surface area contributed by atoms with Crippen LogP contribution in [0, 0.1) is 5.82 Å². The molecule has 1 saturated heterocycles. The summed E-state index contributed by atoms with van der Waals surface area (Å²) in [5, 5.41) is 4.52. The van der Waals surface area contributed by atoms with Crippen molar-refractivity contribution in [1.82, 2.24) is 14.9 Å². The Bertz CT molecular complexity index is 1540. The van der Waals surface area contributed by atoms with Gasteiger partial charge in [-0.25, -0.2) is 14.4 Å². The highest BCUT2D eigenvalue weighted by molar-refractivity contribution is 6.32.